The van der Waals surface area contributed by atoms with Crippen LogP contribution in [0, 0.1) is 5.82 Å². The van der Waals surface area contributed by atoms with Gasteiger partial charge in [0.25, 0.3) is 0 Å². The lowest BCUT2D eigenvalue weighted by Crippen LogP contribution is -2.35. The number of carbonyl (C=O) groups excluding carboxylic acids is 1. The number of hydrogen-bond acceptors (Lipinski definition) is 3. The molecule has 100 valence electrons. The van der Waals surface area contributed by atoms with Crippen LogP contribution in [-0.4, -0.2) is 29.7 Å². The third-order valence-electron chi connectivity index (χ3n) is 2.61. The van der Waals surface area contributed by atoms with Crippen molar-refractivity contribution >= 4 is 39.9 Å². The van der Waals surface area contributed by atoms with Gasteiger partial charge in [-0.05, 0) is 24.6 Å². The van der Waals surface area contributed by atoms with Crippen molar-refractivity contribution in [1.82, 2.24) is 5.32 Å². The zero-order chi connectivity index (χ0) is 12.4. The van der Waals surface area contributed by atoms with Crippen molar-refractivity contribution in [2.45, 2.75) is 18.6 Å². The number of carbonyl (C=O) groups is 1. The Morgan fingerprint density at radius 2 is 2.28 bits per heavy atom. The molecule has 1 amide bonds. The van der Waals surface area contributed by atoms with E-state index >= 15 is 0 Å². The van der Waals surface area contributed by atoms with Crippen molar-refractivity contribution in [2.75, 3.05) is 11.9 Å². The fraction of sp³-hybridized carbons (Fsp3) is 0.364. The van der Waals surface area contributed by atoms with Gasteiger partial charge in [-0.25, -0.2) is 4.39 Å². The topological polar surface area (TPSA) is 61.4 Å². The van der Waals surface area contributed by atoms with Gasteiger partial charge in [-0.1, -0.05) is 15.9 Å². The molecule has 2 rings (SSSR count). The highest BCUT2D eigenvalue weighted by molar-refractivity contribution is 9.10. The molecule has 0 bridgehead atoms. The van der Waals surface area contributed by atoms with E-state index in [0.717, 1.165) is 0 Å². The Kier molecular flexibility index (Phi) is 5.52. The number of nitrogens with one attached hydrogen (secondary N) is 2. The summed E-state index contributed by atoms with van der Waals surface area (Å²) in [4.78, 5) is 11.7. The van der Waals surface area contributed by atoms with Crippen LogP contribution in [-0.2, 0) is 4.79 Å². The zero-order valence-corrected chi connectivity index (χ0v) is 11.7. The largest absolute Gasteiger partial charge is 0.392 e. The van der Waals surface area contributed by atoms with E-state index in [-0.39, 0.29) is 24.0 Å². The maximum absolute atomic E-state index is 13.5. The summed E-state index contributed by atoms with van der Waals surface area (Å²) in [5, 5.41) is 14.6. The summed E-state index contributed by atoms with van der Waals surface area (Å²) in [6.45, 7) is 0.390. The van der Waals surface area contributed by atoms with E-state index in [1.165, 1.54) is 12.1 Å². The SMILES string of the molecule is Cl.O=C(Nc1ccc(Br)cc1F)C1CC(O)CN1. The molecule has 3 N–H and O–H groups in total. The predicted octanol–water partition coefficient (Wildman–Crippen LogP) is 1.67. The second-order valence-electron chi connectivity index (χ2n) is 3.96. The number of aliphatic hydroxyl groups excluding tert-OH is 1. The van der Waals surface area contributed by atoms with Crippen LogP contribution in [0.5, 0.6) is 0 Å². The molecule has 18 heavy (non-hydrogen) atoms. The highest BCUT2D eigenvalue weighted by Gasteiger charge is 2.28. The standard InChI is InChI=1S/C11H12BrFN2O2.ClH/c12-6-1-2-9(8(13)3-6)15-11(17)10-4-7(16)5-14-10;/h1-3,7,10,14,16H,4-5H2,(H,15,17);1H. The van der Waals surface area contributed by atoms with Crippen LogP contribution in [0.4, 0.5) is 10.1 Å². The summed E-state index contributed by atoms with van der Waals surface area (Å²) < 4.78 is 14.1. The van der Waals surface area contributed by atoms with Crippen molar-refractivity contribution in [3.05, 3.63) is 28.5 Å². The van der Waals surface area contributed by atoms with Gasteiger partial charge in [0, 0.05) is 11.0 Å². The number of anilines is 1. The first-order valence-corrected chi connectivity index (χ1v) is 6.03. The molecule has 0 saturated carbocycles. The second-order valence-corrected chi connectivity index (χ2v) is 4.88. The monoisotopic (exact) mass is 338 g/mol. The Morgan fingerprint density at radius 1 is 1.56 bits per heavy atom. The first kappa shape index (κ1) is 15.4. The molecule has 0 aromatic heterocycles. The zero-order valence-electron chi connectivity index (χ0n) is 9.32. The number of hydrogen-bond donors (Lipinski definition) is 3. The normalized spacial score (nSPS) is 22.4. The molecule has 1 aliphatic rings. The van der Waals surface area contributed by atoms with Crippen LogP contribution in [0.25, 0.3) is 0 Å². The van der Waals surface area contributed by atoms with Crippen LogP contribution in [0.2, 0.25) is 0 Å². The average Bonchev–Trinajstić information content (AvgIpc) is 2.69. The van der Waals surface area contributed by atoms with Gasteiger partial charge in [-0.3, -0.25) is 4.79 Å². The maximum atomic E-state index is 13.5. The fourth-order valence-electron chi connectivity index (χ4n) is 1.73. The Hall–Kier alpha value is -0.690. The first-order valence-electron chi connectivity index (χ1n) is 5.23. The van der Waals surface area contributed by atoms with Gasteiger partial charge < -0.3 is 15.7 Å². The predicted molar refractivity (Wildman–Crippen MR) is 72.4 cm³/mol. The van der Waals surface area contributed by atoms with Crippen LogP contribution in [0.1, 0.15) is 6.42 Å². The van der Waals surface area contributed by atoms with Crippen LogP contribution in [0.15, 0.2) is 22.7 Å². The lowest BCUT2D eigenvalue weighted by Gasteiger charge is -2.11. The van der Waals surface area contributed by atoms with Crippen LogP contribution >= 0.6 is 28.3 Å². The van der Waals surface area contributed by atoms with E-state index in [0.29, 0.717) is 17.4 Å². The van der Waals surface area contributed by atoms with E-state index < -0.39 is 18.0 Å². The lowest BCUT2D eigenvalue weighted by molar-refractivity contribution is -0.118. The number of aliphatic hydroxyl groups is 1. The van der Waals surface area contributed by atoms with Crippen molar-refractivity contribution in [3.63, 3.8) is 0 Å². The molecule has 4 nitrogen and oxygen atoms in total. The summed E-state index contributed by atoms with van der Waals surface area (Å²) in [5.41, 5.74) is 0.140. The van der Waals surface area contributed by atoms with E-state index in [2.05, 4.69) is 26.6 Å². The van der Waals surface area contributed by atoms with Gasteiger partial charge in [0.05, 0.1) is 17.8 Å². The smallest absolute Gasteiger partial charge is 0.241 e. The number of halogens is 3. The number of benzene rings is 1. The van der Waals surface area contributed by atoms with Crippen molar-refractivity contribution in [3.8, 4) is 0 Å². The number of amides is 1. The Labute approximate surface area is 118 Å². The molecule has 1 fully saturated rings. The maximum Gasteiger partial charge on any atom is 0.241 e. The van der Waals surface area contributed by atoms with Gasteiger partial charge in [-0.15, -0.1) is 12.4 Å². The van der Waals surface area contributed by atoms with Crippen LogP contribution < -0.4 is 10.6 Å². The number of β-amino-alcohol motifs (C(OH)–C–C–N with tert-alkyl or cyclic N) is 1. The van der Waals surface area contributed by atoms with E-state index in [1.54, 1.807) is 6.07 Å². The minimum absolute atomic E-state index is 0. The molecule has 1 aromatic carbocycles. The van der Waals surface area contributed by atoms with Gasteiger partial charge in [0.15, 0.2) is 0 Å². The van der Waals surface area contributed by atoms with Gasteiger partial charge in [-0.2, -0.15) is 0 Å². The van der Waals surface area contributed by atoms with Gasteiger partial charge in [0.1, 0.15) is 5.82 Å². The van der Waals surface area contributed by atoms with Crippen LogP contribution in [0.3, 0.4) is 0 Å². The average molecular weight is 340 g/mol. The molecule has 1 saturated heterocycles. The van der Waals surface area contributed by atoms with E-state index in [1.807, 2.05) is 0 Å². The highest BCUT2D eigenvalue weighted by atomic mass is 79.9. The molecular weight excluding hydrogens is 326 g/mol. The minimum atomic E-state index is -0.513. The molecule has 7 heteroatoms. The van der Waals surface area contributed by atoms with Crippen molar-refractivity contribution < 1.29 is 14.3 Å². The highest BCUT2D eigenvalue weighted by Crippen LogP contribution is 2.20. The summed E-state index contributed by atoms with van der Waals surface area (Å²) in [6.07, 6.45) is -0.162. The Balaban J connectivity index is 0.00000162. The van der Waals surface area contributed by atoms with E-state index in [4.69, 9.17) is 0 Å². The molecule has 2 unspecified atom stereocenters. The van der Waals surface area contributed by atoms with E-state index in [9.17, 15) is 14.3 Å². The van der Waals surface area contributed by atoms with Crippen molar-refractivity contribution in [1.29, 1.82) is 0 Å². The second kappa shape index (κ2) is 6.47. The lowest BCUT2D eigenvalue weighted by atomic mass is 10.2. The van der Waals surface area contributed by atoms with Gasteiger partial charge >= 0.3 is 0 Å². The molecule has 0 aliphatic carbocycles. The molecule has 0 radical (unpaired) electrons. The molecule has 1 heterocycles. The summed E-state index contributed by atoms with van der Waals surface area (Å²) >= 11 is 3.14. The summed E-state index contributed by atoms with van der Waals surface area (Å²) in [7, 11) is 0. The molecule has 1 aliphatic heterocycles. The quantitative estimate of drug-likeness (QED) is 0.768. The van der Waals surface area contributed by atoms with Crippen molar-refractivity contribution in [2.24, 2.45) is 0 Å². The Bertz CT molecular complexity index is 447. The third kappa shape index (κ3) is 3.65. The first-order chi connectivity index (χ1) is 8.06. The summed E-state index contributed by atoms with van der Waals surface area (Å²) in [5.74, 6) is -0.825. The fourth-order valence-corrected chi connectivity index (χ4v) is 2.06. The Morgan fingerprint density at radius 3 is 2.83 bits per heavy atom. The third-order valence-corrected chi connectivity index (χ3v) is 3.11. The summed E-state index contributed by atoms with van der Waals surface area (Å²) in [6, 6.07) is 3.96. The van der Waals surface area contributed by atoms with Gasteiger partial charge in [0.2, 0.25) is 5.91 Å². The minimum Gasteiger partial charge on any atom is -0.392 e. The number of rotatable bonds is 2. The molecular formula is C11H13BrClFN2O2. The molecule has 1 aromatic rings. The molecule has 2 atom stereocenters. The molecule has 0 spiro atoms.